The molecule has 1 fully saturated rings. The number of hydrogen-bond donors (Lipinski definition) is 1. The van der Waals surface area contributed by atoms with Crippen molar-refractivity contribution in [3.8, 4) is 5.75 Å². The van der Waals surface area contributed by atoms with Gasteiger partial charge in [-0.05, 0) is 61.7 Å². The third kappa shape index (κ3) is 6.17. The molecule has 2 amide bonds. The van der Waals surface area contributed by atoms with Gasteiger partial charge in [-0.2, -0.15) is 0 Å². The molecule has 1 heterocycles. The molecular formula is C28H28Cl2N2O5. The Labute approximate surface area is 226 Å². The number of carbonyl (C=O) groups excluding carboxylic acids is 3. The monoisotopic (exact) mass is 542 g/mol. The molecule has 0 spiro atoms. The average molecular weight is 543 g/mol. The zero-order chi connectivity index (χ0) is 26.5. The number of halogens is 2. The zero-order valence-electron chi connectivity index (χ0n) is 20.7. The molecule has 37 heavy (non-hydrogen) atoms. The number of anilines is 1. The van der Waals surface area contributed by atoms with E-state index in [9.17, 15) is 14.4 Å². The van der Waals surface area contributed by atoms with Crippen molar-refractivity contribution in [1.82, 2.24) is 5.32 Å². The summed E-state index contributed by atoms with van der Waals surface area (Å²) in [6, 6.07) is 12.0. The maximum atomic E-state index is 13.4. The van der Waals surface area contributed by atoms with Crippen LogP contribution in [0.5, 0.6) is 5.75 Å². The van der Waals surface area contributed by atoms with Crippen LogP contribution in [0.4, 0.5) is 5.69 Å². The van der Waals surface area contributed by atoms with Gasteiger partial charge in [-0.1, -0.05) is 54.6 Å². The van der Waals surface area contributed by atoms with Gasteiger partial charge < -0.3 is 14.8 Å². The quantitative estimate of drug-likeness (QED) is 0.358. The Morgan fingerprint density at radius 3 is 2.41 bits per heavy atom. The molecule has 1 N–H and O–H groups in total. The minimum Gasteiger partial charge on any atom is -0.484 e. The Morgan fingerprint density at radius 2 is 1.76 bits per heavy atom. The normalized spacial score (nSPS) is 17.4. The fourth-order valence-electron chi connectivity index (χ4n) is 4.61. The molecule has 1 aliphatic heterocycles. The van der Waals surface area contributed by atoms with Gasteiger partial charge in [0.25, 0.3) is 11.8 Å². The van der Waals surface area contributed by atoms with Gasteiger partial charge in [-0.25, -0.2) is 4.79 Å². The summed E-state index contributed by atoms with van der Waals surface area (Å²) < 4.78 is 10.6. The largest absolute Gasteiger partial charge is 0.484 e. The van der Waals surface area contributed by atoms with E-state index in [1.807, 2.05) is 0 Å². The fraction of sp³-hybridized carbons (Fsp3) is 0.321. The minimum absolute atomic E-state index is 0.0670. The number of ether oxygens (including phenoxy) is 2. The van der Waals surface area contributed by atoms with Crippen LogP contribution in [-0.4, -0.2) is 37.5 Å². The number of hydrogen-bond acceptors (Lipinski definition) is 5. The molecule has 1 aliphatic carbocycles. The van der Waals surface area contributed by atoms with Crippen LogP contribution in [0.1, 0.15) is 44.6 Å². The van der Waals surface area contributed by atoms with Crippen molar-refractivity contribution < 1.29 is 23.9 Å². The van der Waals surface area contributed by atoms with Gasteiger partial charge in [0, 0.05) is 11.7 Å². The van der Waals surface area contributed by atoms with Crippen molar-refractivity contribution in [3.63, 3.8) is 0 Å². The highest BCUT2D eigenvalue weighted by molar-refractivity contribution is 6.42. The third-order valence-corrected chi connectivity index (χ3v) is 7.22. The number of esters is 1. The van der Waals surface area contributed by atoms with Crippen molar-refractivity contribution in [2.45, 2.75) is 45.1 Å². The van der Waals surface area contributed by atoms with Crippen molar-refractivity contribution in [3.05, 3.63) is 74.9 Å². The molecule has 0 saturated heterocycles. The molecule has 2 aliphatic rings. The zero-order valence-corrected chi connectivity index (χ0v) is 22.2. The highest BCUT2D eigenvalue weighted by Gasteiger charge is 2.38. The first-order valence-corrected chi connectivity index (χ1v) is 12.9. The summed E-state index contributed by atoms with van der Waals surface area (Å²) in [4.78, 5) is 39.6. The smallest absolute Gasteiger partial charge is 0.340 e. The summed E-state index contributed by atoms with van der Waals surface area (Å²) in [6.07, 6.45) is 7.15. The number of nitrogens with zero attached hydrogens (tertiary/aromatic N) is 1. The first kappa shape index (κ1) is 26.8. The SMILES string of the molecule is COC(=O)C1=C(C)N(c2ccc(Cl)c(Cl)c2)C(=O)/C1=C\c1ccc(OCC(=O)NC2CCCCC2)cc1. The summed E-state index contributed by atoms with van der Waals surface area (Å²) >= 11 is 12.2. The van der Waals surface area contributed by atoms with Crippen molar-refractivity contribution in [2.75, 3.05) is 18.6 Å². The van der Waals surface area contributed by atoms with Crippen molar-refractivity contribution >= 4 is 52.7 Å². The van der Waals surface area contributed by atoms with Gasteiger partial charge in [-0.15, -0.1) is 0 Å². The van der Waals surface area contributed by atoms with E-state index in [2.05, 4.69) is 5.32 Å². The molecule has 9 heteroatoms. The summed E-state index contributed by atoms with van der Waals surface area (Å²) in [6.45, 7) is 1.60. The Hall–Kier alpha value is -3.29. The molecule has 7 nitrogen and oxygen atoms in total. The van der Waals surface area contributed by atoms with Gasteiger partial charge >= 0.3 is 5.97 Å². The van der Waals surface area contributed by atoms with Crippen LogP contribution in [0, 0.1) is 0 Å². The Kier molecular flexibility index (Phi) is 8.56. The van der Waals surface area contributed by atoms with Crippen LogP contribution in [0.15, 0.2) is 59.3 Å². The first-order chi connectivity index (χ1) is 17.8. The molecule has 2 aromatic rings. The van der Waals surface area contributed by atoms with E-state index in [4.69, 9.17) is 32.7 Å². The van der Waals surface area contributed by atoms with E-state index in [0.717, 1.165) is 25.7 Å². The molecular weight excluding hydrogens is 515 g/mol. The maximum Gasteiger partial charge on any atom is 0.340 e. The predicted octanol–water partition coefficient (Wildman–Crippen LogP) is 5.70. The predicted molar refractivity (Wildman–Crippen MR) is 144 cm³/mol. The van der Waals surface area contributed by atoms with Crippen molar-refractivity contribution in [1.29, 1.82) is 0 Å². The lowest BCUT2D eigenvalue weighted by Crippen LogP contribution is -2.38. The molecule has 194 valence electrons. The highest BCUT2D eigenvalue weighted by atomic mass is 35.5. The van der Waals surface area contributed by atoms with E-state index in [-0.39, 0.29) is 29.7 Å². The van der Waals surface area contributed by atoms with E-state index in [0.29, 0.717) is 32.7 Å². The molecule has 0 radical (unpaired) electrons. The second kappa shape index (κ2) is 11.8. The fourth-order valence-corrected chi connectivity index (χ4v) is 4.90. The third-order valence-electron chi connectivity index (χ3n) is 6.48. The van der Waals surface area contributed by atoms with Crippen LogP contribution in [-0.2, 0) is 19.1 Å². The number of rotatable bonds is 7. The number of carbonyl (C=O) groups is 3. The van der Waals surface area contributed by atoms with E-state index in [1.165, 1.54) is 18.4 Å². The average Bonchev–Trinajstić information content (AvgIpc) is 3.14. The second-order valence-electron chi connectivity index (χ2n) is 9.01. The van der Waals surface area contributed by atoms with Crippen molar-refractivity contribution in [2.24, 2.45) is 0 Å². The van der Waals surface area contributed by atoms with Gasteiger partial charge in [0.2, 0.25) is 0 Å². The number of benzene rings is 2. The van der Waals surface area contributed by atoms with E-state index < -0.39 is 11.9 Å². The Morgan fingerprint density at radius 1 is 1.05 bits per heavy atom. The van der Waals surface area contributed by atoms with Crippen LogP contribution in [0.25, 0.3) is 6.08 Å². The molecule has 2 aromatic carbocycles. The maximum absolute atomic E-state index is 13.4. The summed E-state index contributed by atoms with van der Waals surface area (Å²) in [5.41, 5.74) is 1.93. The highest BCUT2D eigenvalue weighted by Crippen LogP contribution is 2.37. The molecule has 1 saturated carbocycles. The lowest BCUT2D eigenvalue weighted by Gasteiger charge is -2.22. The number of amides is 2. The molecule has 4 rings (SSSR count). The van der Waals surface area contributed by atoms with E-state index in [1.54, 1.807) is 55.5 Å². The summed E-state index contributed by atoms with van der Waals surface area (Å²) in [7, 11) is 1.27. The van der Waals surface area contributed by atoms with Crippen LogP contribution in [0.3, 0.4) is 0 Å². The lowest BCUT2D eigenvalue weighted by molar-refractivity contribution is -0.136. The number of allylic oxidation sites excluding steroid dienone is 1. The van der Waals surface area contributed by atoms with Crippen LogP contribution >= 0.6 is 23.2 Å². The first-order valence-electron chi connectivity index (χ1n) is 12.1. The van der Waals surface area contributed by atoms with Gasteiger partial charge in [0.1, 0.15) is 5.75 Å². The Bertz CT molecular complexity index is 1260. The topological polar surface area (TPSA) is 84.9 Å². The minimum atomic E-state index is -0.622. The molecule has 0 aromatic heterocycles. The summed E-state index contributed by atoms with van der Waals surface area (Å²) in [5.74, 6) is -0.629. The summed E-state index contributed by atoms with van der Waals surface area (Å²) in [5, 5.41) is 3.67. The van der Waals surface area contributed by atoms with Crippen LogP contribution < -0.4 is 15.0 Å². The van der Waals surface area contributed by atoms with Crippen LogP contribution in [0.2, 0.25) is 10.0 Å². The Balaban J connectivity index is 1.50. The second-order valence-corrected chi connectivity index (χ2v) is 9.82. The molecule has 0 unspecified atom stereocenters. The lowest BCUT2D eigenvalue weighted by atomic mass is 9.95. The van der Waals surface area contributed by atoms with Gasteiger partial charge in [-0.3, -0.25) is 14.5 Å². The van der Waals surface area contributed by atoms with E-state index >= 15 is 0 Å². The molecule has 0 bridgehead atoms. The van der Waals surface area contributed by atoms with Gasteiger partial charge in [0.15, 0.2) is 6.61 Å². The molecule has 0 atom stereocenters. The van der Waals surface area contributed by atoms with Gasteiger partial charge in [0.05, 0.1) is 34.0 Å². The number of methoxy groups -OCH3 is 1. The number of nitrogens with one attached hydrogen (secondary N) is 1. The standard InChI is InChI=1S/C28H28Cl2N2O5/c1-17-26(28(35)36-2)22(27(34)32(17)20-10-13-23(29)24(30)15-20)14-18-8-11-21(12-9-18)37-16-25(33)31-19-6-4-3-5-7-19/h8-15,19H,3-7,16H2,1-2H3,(H,31,33)/b22-14-.